The Hall–Kier alpha value is -3.50. The third-order valence-electron chi connectivity index (χ3n) is 3.48. The van der Waals surface area contributed by atoms with Gasteiger partial charge in [-0.25, -0.2) is 9.98 Å². The van der Waals surface area contributed by atoms with Crippen LogP contribution in [0.2, 0.25) is 0 Å². The van der Waals surface area contributed by atoms with E-state index in [1.165, 1.54) is 0 Å². The SMILES string of the molecule is N#CC1=C(C#N)N=C(c2ccccc2)CC(c2ccccc2)=N1. The molecule has 0 amide bonds. The highest BCUT2D eigenvalue weighted by atomic mass is 14.9. The molecule has 0 radical (unpaired) electrons. The van der Waals surface area contributed by atoms with Crippen molar-refractivity contribution >= 4 is 11.4 Å². The Morgan fingerprint density at radius 2 is 1.04 bits per heavy atom. The Bertz CT molecular complexity index is 816. The van der Waals surface area contributed by atoms with Gasteiger partial charge in [-0.05, 0) is 11.1 Å². The second-order valence-corrected chi connectivity index (χ2v) is 4.95. The van der Waals surface area contributed by atoms with Crippen molar-refractivity contribution in [2.24, 2.45) is 9.98 Å². The lowest BCUT2D eigenvalue weighted by Gasteiger charge is -2.07. The van der Waals surface area contributed by atoms with E-state index in [0.29, 0.717) is 6.42 Å². The molecule has 0 fully saturated rings. The first-order valence-corrected chi connectivity index (χ1v) is 7.12. The second kappa shape index (κ2) is 6.51. The van der Waals surface area contributed by atoms with Crippen LogP contribution in [0.1, 0.15) is 17.5 Å². The van der Waals surface area contributed by atoms with Gasteiger partial charge < -0.3 is 0 Å². The topological polar surface area (TPSA) is 72.3 Å². The summed E-state index contributed by atoms with van der Waals surface area (Å²) in [5.74, 6) is 0. The fraction of sp³-hybridized carbons (Fsp3) is 0.0526. The molecule has 0 saturated carbocycles. The molecule has 3 rings (SSSR count). The van der Waals surface area contributed by atoms with Crippen LogP contribution in [0.15, 0.2) is 82.0 Å². The van der Waals surface area contributed by atoms with Gasteiger partial charge in [0.25, 0.3) is 0 Å². The molecule has 1 aliphatic rings. The molecule has 108 valence electrons. The number of allylic oxidation sites excluding steroid dienone is 2. The maximum atomic E-state index is 9.30. The fourth-order valence-electron chi connectivity index (χ4n) is 2.36. The van der Waals surface area contributed by atoms with Crippen LogP contribution in [0.5, 0.6) is 0 Å². The minimum Gasteiger partial charge on any atom is -0.238 e. The number of aliphatic imine (C=N–C) groups is 2. The number of nitriles is 2. The lowest BCUT2D eigenvalue weighted by molar-refractivity contribution is 1.27. The first kappa shape index (κ1) is 14.4. The van der Waals surface area contributed by atoms with E-state index in [2.05, 4.69) is 9.98 Å². The monoisotopic (exact) mass is 296 g/mol. The molecule has 0 aliphatic carbocycles. The van der Waals surface area contributed by atoms with E-state index in [9.17, 15) is 10.5 Å². The summed E-state index contributed by atoms with van der Waals surface area (Å²) in [4.78, 5) is 8.78. The van der Waals surface area contributed by atoms with E-state index in [4.69, 9.17) is 0 Å². The van der Waals surface area contributed by atoms with E-state index >= 15 is 0 Å². The Morgan fingerprint density at radius 1 is 0.652 bits per heavy atom. The van der Waals surface area contributed by atoms with Crippen molar-refractivity contribution in [3.8, 4) is 12.1 Å². The summed E-state index contributed by atoms with van der Waals surface area (Å²) in [6, 6.07) is 23.2. The van der Waals surface area contributed by atoms with Gasteiger partial charge in [0.05, 0.1) is 11.4 Å². The molecule has 0 atom stereocenters. The van der Waals surface area contributed by atoms with Crippen LogP contribution < -0.4 is 0 Å². The normalized spacial score (nSPS) is 14.2. The predicted octanol–water partition coefficient (Wildman–Crippen LogP) is 3.63. The summed E-state index contributed by atoms with van der Waals surface area (Å²) in [6.45, 7) is 0. The highest BCUT2D eigenvalue weighted by Crippen LogP contribution is 2.20. The Kier molecular flexibility index (Phi) is 4.09. The Morgan fingerprint density at radius 3 is 1.39 bits per heavy atom. The predicted molar refractivity (Wildman–Crippen MR) is 88.8 cm³/mol. The molecule has 0 bridgehead atoms. The smallest absolute Gasteiger partial charge is 0.177 e. The molecule has 23 heavy (non-hydrogen) atoms. The molecule has 1 aliphatic heterocycles. The average molecular weight is 296 g/mol. The molecular formula is C19H12N4. The van der Waals surface area contributed by atoms with Crippen molar-refractivity contribution in [3.63, 3.8) is 0 Å². The molecule has 0 spiro atoms. The summed E-state index contributed by atoms with van der Waals surface area (Å²) in [6.07, 6.45) is 0.463. The van der Waals surface area contributed by atoms with Crippen molar-refractivity contribution in [2.45, 2.75) is 6.42 Å². The van der Waals surface area contributed by atoms with Crippen molar-refractivity contribution < 1.29 is 0 Å². The highest BCUT2D eigenvalue weighted by molar-refractivity contribution is 6.19. The third-order valence-corrected chi connectivity index (χ3v) is 3.48. The zero-order valence-corrected chi connectivity index (χ0v) is 12.3. The largest absolute Gasteiger partial charge is 0.238 e. The van der Waals surface area contributed by atoms with Crippen LogP contribution in [-0.2, 0) is 0 Å². The van der Waals surface area contributed by atoms with E-state index in [1.807, 2.05) is 72.8 Å². The van der Waals surface area contributed by atoms with Crippen LogP contribution in [0, 0.1) is 22.7 Å². The number of hydrogen-bond acceptors (Lipinski definition) is 4. The van der Waals surface area contributed by atoms with Crippen LogP contribution in [0.3, 0.4) is 0 Å². The van der Waals surface area contributed by atoms with E-state index in [1.54, 1.807) is 0 Å². The minimum atomic E-state index is 0.0530. The van der Waals surface area contributed by atoms with Crippen LogP contribution in [0.4, 0.5) is 0 Å². The van der Waals surface area contributed by atoms with Gasteiger partial charge in [0.15, 0.2) is 11.4 Å². The molecule has 2 aromatic carbocycles. The molecule has 0 unspecified atom stereocenters. The first-order chi connectivity index (χ1) is 11.3. The second-order valence-electron chi connectivity index (χ2n) is 4.95. The van der Waals surface area contributed by atoms with Gasteiger partial charge >= 0.3 is 0 Å². The fourth-order valence-corrected chi connectivity index (χ4v) is 2.36. The van der Waals surface area contributed by atoms with Gasteiger partial charge in [-0.15, -0.1) is 0 Å². The standard InChI is InChI=1S/C19H12N4/c20-12-18-19(13-21)23-17(15-9-5-2-6-10-15)11-16(22-18)14-7-3-1-4-8-14/h1-10H,11H2. The summed E-state index contributed by atoms with van der Waals surface area (Å²) >= 11 is 0. The summed E-state index contributed by atoms with van der Waals surface area (Å²) in [5, 5.41) is 18.6. The summed E-state index contributed by atoms with van der Waals surface area (Å²) in [7, 11) is 0. The highest BCUT2D eigenvalue weighted by Gasteiger charge is 2.17. The van der Waals surface area contributed by atoms with Gasteiger partial charge in [-0.3, -0.25) is 0 Å². The van der Waals surface area contributed by atoms with Gasteiger partial charge in [-0.2, -0.15) is 10.5 Å². The number of benzene rings is 2. The molecule has 1 heterocycles. The zero-order chi connectivity index (χ0) is 16.1. The lowest BCUT2D eigenvalue weighted by Crippen LogP contribution is -2.10. The van der Waals surface area contributed by atoms with Crippen molar-refractivity contribution in [1.29, 1.82) is 10.5 Å². The Balaban J connectivity index is 2.16. The van der Waals surface area contributed by atoms with Gasteiger partial charge in [0, 0.05) is 6.42 Å². The molecule has 0 saturated heterocycles. The van der Waals surface area contributed by atoms with E-state index in [0.717, 1.165) is 22.6 Å². The molecule has 0 N–H and O–H groups in total. The lowest BCUT2D eigenvalue weighted by atomic mass is 10.00. The number of nitrogens with zero attached hydrogens (tertiary/aromatic N) is 4. The van der Waals surface area contributed by atoms with Crippen LogP contribution in [-0.4, -0.2) is 11.4 Å². The summed E-state index contributed by atoms with van der Waals surface area (Å²) < 4.78 is 0. The van der Waals surface area contributed by atoms with Gasteiger partial charge in [0.1, 0.15) is 12.1 Å². The maximum Gasteiger partial charge on any atom is 0.177 e. The molecular weight excluding hydrogens is 284 g/mol. The van der Waals surface area contributed by atoms with Gasteiger partial charge in [0.2, 0.25) is 0 Å². The molecule has 0 aromatic heterocycles. The molecule has 4 heteroatoms. The number of hydrogen-bond donors (Lipinski definition) is 0. The first-order valence-electron chi connectivity index (χ1n) is 7.12. The number of rotatable bonds is 2. The van der Waals surface area contributed by atoms with Crippen molar-refractivity contribution in [3.05, 3.63) is 83.2 Å². The zero-order valence-electron chi connectivity index (χ0n) is 12.3. The third kappa shape index (κ3) is 3.07. The average Bonchev–Trinajstić information content (AvgIpc) is 2.82. The quantitative estimate of drug-likeness (QED) is 0.848. The Labute approximate surface area is 134 Å². The van der Waals surface area contributed by atoms with E-state index in [-0.39, 0.29) is 11.4 Å². The summed E-state index contributed by atoms with van der Waals surface area (Å²) in [5.41, 5.74) is 3.41. The maximum absolute atomic E-state index is 9.30. The molecule has 4 nitrogen and oxygen atoms in total. The van der Waals surface area contributed by atoms with Crippen molar-refractivity contribution in [1.82, 2.24) is 0 Å². The van der Waals surface area contributed by atoms with Crippen LogP contribution >= 0.6 is 0 Å². The van der Waals surface area contributed by atoms with Crippen LogP contribution in [0.25, 0.3) is 0 Å². The van der Waals surface area contributed by atoms with Crippen molar-refractivity contribution in [2.75, 3.05) is 0 Å². The van der Waals surface area contributed by atoms with E-state index < -0.39 is 0 Å². The molecule has 2 aromatic rings. The van der Waals surface area contributed by atoms with Gasteiger partial charge in [-0.1, -0.05) is 60.7 Å². The minimum absolute atomic E-state index is 0.0530.